The summed E-state index contributed by atoms with van der Waals surface area (Å²) in [4.78, 5) is 10.9. The fraction of sp³-hybridized carbons (Fsp3) is 0.200. The van der Waals surface area contributed by atoms with Crippen LogP contribution in [0, 0.1) is 13.3 Å². The van der Waals surface area contributed by atoms with E-state index < -0.39 is 0 Å². The Morgan fingerprint density at radius 1 is 1.38 bits per heavy atom. The molecular weight excluding hydrogens is 159 g/mol. The molecule has 0 heterocycles. The zero-order chi connectivity index (χ0) is 8.97. The average Bonchev–Trinajstić information content (AvgIpc) is 2.09. The van der Waals surface area contributed by atoms with E-state index in [0.717, 1.165) is 11.1 Å². The summed E-state index contributed by atoms with van der Waals surface area (Å²) in [5.41, 5.74) is 1.98. The zero-order valence-corrected chi connectivity index (χ0v) is 8.20. The summed E-state index contributed by atoms with van der Waals surface area (Å²) < 4.78 is 4.51. The zero-order valence-electron chi connectivity index (χ0n) is 8.20. The first-order valence-corrected chi connectivity index (χ1v) is 3.72. The maximum absolute atomic E-state index is 10.9. The first-order valence-electron chi connectivity index (χ1n) is 3.72. The van der Waals surface area contributed by atoms with Gasteiger partial charge < -0.3 is 4.74 Å². The van der Waals surface area contributed by atoms with E-state index in [1.54, 1.807) is 0 Å². The minimum absolute atomic E-state index is 0. The van der Waals surface area contributed by atoms with Crippen LogP contribution in [0.3, 0.4) is 0 Å². The molecule has 0 saturated heterocycles. The van der Waals surface area contributed by atoms with Crippen molar-refractivity contribution in [3.63, 3.8) is 0 Å². The Kier molecular flexibility index (Phi) is 5.37. The van der Waals surface area contributed by atoms with E-state index in [-0.39, 0.29) is 24.8 Å². The number of aryl methyl sites for hydroxylation is 1. The van der Waals surface area contributed by atoms with E-state index in [9.17, 15) is 4.79 Å². The molecule has 1 rings (SSSR count). The molecule has 0 aliphatic rings. The molecule has 0 N–H and O–H groups in total. The number of hydrogen-bond donors (Lipinski definition) is 0. The molecule has 0 aromatic heterocycles. The molecule has 13 heavy (non-hydrogen) atoms. The third-order valence-corrected chi connectivity index (χ3v) is 1.66. The molecular formula is C10H11LiO2. The molecule has 64 valence electrons. The second-order valence-corrected chi connectivity index (χ2v) is 2.52. The summed E-state index contributed by atoms with van der Waals surface area (Å²) in [7, 11) is 1.37. The molecule has 0 spiro atoms. The fourth-order valence-corrected chi connectivity index (χ4v) is 0.935. The summed E-state index contributed by atoms with van der Waals surface area (Å²) >= 11 is 0. The predicted octanol–water partition coefficient (Wildman–Crippen LogP) is -1.28. The van der Waals surface area contributed by atoms with Gasteiger partial charge in [-0.1, -0.05) is 19.4 Å². The van der Waals surface area contributed by atoms with Crippen LogP contribution in [0.15, 0.2) is 24.3 Å². The first-order chi connectivity index (χ1) is 5.74. The molecule has 0 aliphatic heterocycles. The van der Waals surface area contributed by atoms with Crippen molar-refractivity contribution in [2.75, 3.05) is 7.11 Å². The van der Waals surface area contributed by atoms with Crippen molar-refractivity contribution < 1.29 is 28.4 Å². The number of rotatable bonds is 2. The van der Waals surface area contributed by atoms with Crippen LogP contribution in [0.4, 0.5) is 0 Å². The predicted molar refractivity (Wildman–Crippen MR) is 46.6 cm³/mol. The number of hydrogen-bond acceptors (Lipinski definition) is 2. The molecule has 2 nitrogen and oxygen atoms in total. The summed E-state index contributed by atoms with van der Waals surface area (Å²) in [5.74, 6) is -0.315. The van der Waals surface area contributed by atoms with Gasteiger partial charge in [0.1, 0.15) is 0 Å². The Bertz CT molecular complexity index is 284. The largest absolute Gasteiger partial charge is 1.00 e. The van der Waals surface area contributed by atoms with E-state index in [2.05, 4.69) is 4.74 Å². The monoisotopic (exact) mass is 170 g/mol. The van der Waals surface area contributed by atoms with Crippen LogP contribution in [-0.2, 0) is 9.53 Å². The molecule has 0 aliphatic carbocycles. The number of benzene rings is 1. The van der Waals surface area contributed by atoms with E-state index in [1.807, 2.05) is 31.2 Å². The minimum atomic E-state index is -0.315. The molecule has 3 heteroatoms. The van der Waals surface area contributed by atoms with Crippen molar-refractivity contribution in [2.45, 2.75) is 6.92 Å². The van der Waals surface area contributed by atoms with E-state index >= 15 is 0 Å². The van der Waals surface area contributed by atoms with Crippen molar-refractivity contribution >= 4 is 5.97 Å². The second kappa shape index (κ2) is 5.74. The molecule has 0 atom stereocenters. The Morgan fingerprint density at radius 2 is 2.00 bits per heavy atom. The average molecular weight is 170 g/mol. The third kappa shape index (κ3) is 3.58. The quantitative estimate of drug-likeness (QED) is 0.314. The Morgan fingerprint density at radius 3 is 2.54 bits per heavy atom. The molecule has 0 fully saturated rings. The Balaban J connectivity index is 0.00000144. The van der Waals surface area contributed by atoms with E-state index in [4.69, 9.17) is 0 Å². The topological polar surface area (TPSA) is 26.3 Å². The Hall–Kier alpha value is -0.843. The van der Waals surface area contributed by atoms with Gasteiger partial charge in [-0.2, -0.15) is 17.2 Å². The van der Waals surface area contributed by atoms with Crippen LogP contribution in [0.25, 0.3) is 0 Å². The fourth-order valence-electron chi connectivity index (χ4n) is 0.935. The molecule has 0 bridgehead atoms. The van der Waals surface area contributed by atoms with Crippen LogP contribution < -0.4 is 18.9 Å². The van der Waals surface area contributed by atoms with Gasteiger partial charge in [0.15, 0.2) is 0 Å². The normalized spacial score (nSPS) is 8.46. The number of methoxy groups -OCH3 is 1. The molecule has 0 amide bonds. The van der Waals surface area contributed by atoms with Crippen LogP contribution in [0.5, 0.6) is 0 Å². The smallest absolute Gasteiger partial charge is 0.475 e. The van der Waals surface area contributed by atoms with Crippen molar-refractivity contribution in [3.05, 3.63) is 41.8 Å². The summed E-state index contributed by atoms with van der Waals surface area (Å²) in [6, 6.07) is 7.66. The van der Waals surface area contributed by atoms with Crippen molar-refractivity contribution in [2.24, 2.45) is 0 Å². The van der Waals surface area contributed by atoms with Gasteiger partial charge in [0.2, 0.25) is 0 Å². The van der Waals surface area contributed by atoms with Gasteiger partial charge >= 0.3 is 18.9 Å². The maximum atomic E-state index is 10.9. The van der Waals surface area contributed by atoms with Crippen LogP contribution in [0.2, 0.25) is 0 Å². The van der Waals surface area contributed by atoms with Crippen LogP contribution in [0.1, 0.15) is 11.1 Å². The second-order valence-electron chi connectivity index (χ2n) is 2.52. The van der Waals surface area contributed by atoms with Gasteiger partial charge in [0.05, 0.1) is 7.11 Å². The SMILES string of the molecule is COC(=O)[CH-]c1ccccc1C.[Li+]. The molecule has 0 radical (unpaired) electrons. The molecule has 1 aromatic rings. The van der Waals surface area contributed by atoms with E-state index in [0.29, 0.717) is 0 Å². The Labute approximate surface area is 90.5 Å². The summed E-state index contributed by atoms with van der Waals surface area (Å²) in [6.07, 6.45) is 1.48. The maximum Gasteiger partial charge on any atom is 1.00 e. The third-order valence-electron chi connectivity index (χ3n) is 1.66. The van der Waals surface area contributed by atoms with Crippen molar-refractivity contribution in [3.8, 4) is 0 Å². The van der Waals surface area contributed by atoms with Crippen molar-refractivity contribution in [1.29, 1.82) is 0 Å². The summed E-state index contributed by atoms with van der Waals surface area (Å²) in [5, 5.41) is 0. The standard InChI is InChI=1S/C10H11O2.Li/c1-8-5-3-4-6-9(8)7-10(11)12-2;/h3-7H,1-2H3;/q-1;+1. The number of ether oxygens (including phenoxy) is 1. The van der Waals surface area contributed by atoms with Crippen LogP contribution in [-0.4, -0.2) is 13.1 Å². The van der Waals surface area contributed by atoms with E-state index in [1.165, 1.54) is 13.5 Å². The van der Waals surface area contributed by atoms with Gasteiger partial charge in [-0.25, -0.2) is 0 Å². The molecule has 1 aromatic carbocycles. The van der Waals surface area contributed by atoms with Gasteiger partial charge in [0, 0.05) is 0 Å². The van der Waals surface area contributed by atoms with Crippen LogP contribution >= 0.6 is 0 Å². The minimum Gasteiger partial charge on any atom is -0.475 e. The number of esters is 1. The van der Waals surface area contributed by atoms with Gasteiger partial charge in [-0.15, -0.1) is 12.1 Å². The van der Waals surface area contributed by atoms with Gasteiger partial charge in [0.25, 0.3) is 5.97 Å². The number of carbonyl (C=O) groups is 1. The molecule has 0 unspecified atom stereocenters. The van der Waals surface area contributed by atoms with Crippen molar-refractivity contribution in [1.82, 2.24) is 0 Å². The van der Waals surface area contributed by atoms with Gasteiger partial charge in [-0.3, -0.25) is 4.79 Å². The van der Waals surface area contributed by atoms with Gasteiger partial charge in [-0.05, 0) is 0 Å². The number of carbonyl (C=O) groups excluding carboxylic acids is 1. The molecule has 0 saturated carbocycles. The summed E-state index contributed by atoms with van der Waals surface area (Å²) in [6.45, 7) is 1.95. The first kappa shape index (κ1) is 12.2.